The zero-order valence-corrected chi connectivity index (χ0v) is 11.7. The molecule has 0 amide bonds. The van der Waals surface area contributed by atoms with E-state index in [9.17, 15) is 9.90 Å². The van der Waals surface area contributed by atoms with Gasteiger partial charge in [0.1, 0.15) is 11.3 Å². The minimum atomic E-state index is -0.914. The van der Waals surface area contributed by atoms with Crippen LogP contribution in [0.15, 0.2) is 29.2 Å². The molecule has 0 saturated carbocycles. The maximum Gasteiger partial charge on any atom is 0.324 e. The lowest BCUT2D eigenvalue weighted by Gasteiger charge is -2.25. The number of likely N-dealkylation sites (N-methyl/N-ethyl adjacent to an activating group) is 1. The molecule has 0 aromatic heterocycles. The molecule has 1 aromatic rings. The zero-order valence-electron chi connectivity index (χ0n) is 10.9. The fourth-order valence-electron chi connectivity index (χ4n) is 1.50. The van der Waals surface area contributed by atoms with Gasteiger partial charge >= 0.3 is 5.97 Å². The van der Waals surface area contributed by atoms with E-state index in [0.29, 0.717) is 12.3 Å². The number of hydrogen-bond donors (Lipinski definition) is 2. The van der Waals surface area contributed by atoms with E-state index in [-0.39, 0.29) is 0 Å². The van der Waals surface area contributed by atoms with Crippen molar-refractivity contribution < 1.29 is 14.6 Å². The molecule has 1 atom stereocenters. The largest absolute Gasteiger partial charge is 0.497 e. The predicted molar refractivity (Wildman–Crippen MR) is 73.4 cm³/mol. The molecule has 0 heterocycles. The standard InChI is InChI=1S/C13H19NO3S/c1-4-14-13(2,12(15)16)9-18-11-7-5-6-10(8-11)17-3/h5-8,14H,4,9H2,1-3H3,(H,15,16). The zero-order chi connectivity index (χ0) is 13.6. The van der Waals surface area contributed by atoms with Crippen molar-refractivity contribution in [3.05, 3.63) is 24.3 Å². The van der Waals surface area contributed by atoms with Gasteiger partial charge in [0.25, 0.3) is 0 Å². The van der Waals surface area contributed by atoms with Crippen molar-refractivity contribution in [3.8, 4) is 5.75 Å². The van der Waals surface area contributed by atoms with Crippen LogP contribution >= 0.6 is 11.8 Å². The molecule has 2 N–H and O–H groups in total. The topological polar surface area (TPSA) is 58.6 Å². The summed E-state index contributed by atoms with van der Waals surface area (Å²) in [6.07, 6.45) is 0. The molecule has 1 unspecified atom stereocenters. The van der Waals surface area contributed by atoms with Gasteiger partial charge in [-0.05, 0) is 31.7 Å². The minimum absolute atomic E-state index is 0.462. The van der Waals surface area contributed by atoms with Gasteiger partial charge in [0, 0.05) is 10.6 Å². The molecule has 5 heteroatoms. The van der Waals surface area contributed by atoms with Crippen molar-refractivity contribution >= 4 is 17.7 Å². The Morgan fingerprint density at radius 3 is 2.83 bits per heavy atom. The smallest absolute Gasteiger partial charge is 0.324 e. The highest BCUT2D eigenvalue weighted by molar-refractivity contribution is 7.99. The molecule has 0 fully saturated rings. The van der Waals surface area contributed by atoms with Gasteiger partial charge in [-0.25, -0.2) is 0 Å². The highest BCUT2D eigenvalue weighted by Gasteiger charge is 2.31. The molecule has 0 aliphatic carbocycles. The van der Waals surface area contributed by atoms with Gasteiger partial charge in [-0.2, -0.15) is 0 Å². The number of carboxylic acid groups (broad SMARTS) is 1. The van der Waals surface area contributed by atoms with Crippen LogP contribution in [0, 0.1) is 0 Å². The van der Waals surface area contributed by atoms with Crippen LogP contribution in [-0.2, 0) is 4.79 Å². The molecule has 0 bridgehead atoms. The summed E-state index contributed by atoms with van der Waals surface area (Å²) in [5.41, 5.74) is -0.914. The summed E-state index contributed by atoms with van der Waals surface area (Å²) < 4.78 is 5.14. The highest BCUT2D eigenvalue weighted by atomic mass is 32.2. The van der Waals surface area contributed by atoms with Crippen molar-refractivity contribution in [2.24, 2.45) is 0 Å². The number of hydrogen-bond acceptors (Lipinski definition) is 4. The molecular weight excluding hydrogens is 250 g/mol. The number of nitrogens with one attached hydrogen (secondary N) is 1. The Hall–Kier alpha value is -1.20. The van der Waals surface area contributed by atoms with Gasteiger partial charge in [-0.3, -0.25) is 4.79 Å². The van der Waals surface area contributed by atoms with E-state index in [1.807, 2.05) is 31.2 Å². The Labute approximate surface area is 112 Å². The fraction of sp³-hybridized carbons (Fsp3) is 0.462. The van der Waals surface area contributed by atoms with Crippen molar-refractivity contribution in [1.82, 2.24) is 5.32 Å². The van der Waals surface area contributed by atoms with E-state index in [0.717, 1.165) is 10.6 Å². The third kappa shape index (κ3) is 3.92. The van der Waals surface area contributed by atoms with E-state index >= 15 is 0 Å². The number of ether oxygens (including phenoxy) is 1. The molecule has 1 rings (SSSR count). The number of thioether (sulfide) groups is 1. The third-order valence-electron chi connectivity index (χ3n) is 2.61. The van der Waals surface area contributed by atoms with Crippen LogP contribution in [0.2, 0.25) is 0 Å². The maximum absolute atomic E-state index is 11.3. The lowest BCUT2D eigenvalue weighted by Crippen LogP contribution is -2.51. The maximum atomic E-state index is 11.3. The molecule has 18 heavy (non-hydrogen) atoms. The summed E-state index contributed by atoms with van der Waals surface area (Å²) in [5, 5.41) is 12.2. The van der Waals surface area contributed by atoms with Crippen LogP contribution in [0.4, 0.5) is 0 Å². The first-order chi connectivity index (χ1) is 8.51. The normalized spacial score (nSPS) is 13.9. The van der Waals surface area contributed by atoms with Crippen molar-refractivity contribution in [3.63, 3.8) is 0 Å². The Morgan fingerprint density at radius 1 is 1.56 bits per heavy atom. The third-order valence-corrected chi connectivity index (χ3v) is 3.92. The molecule has 0 aliphatic heterocycles. The molecule has 1 aromatic carbocycles. The summed E-state index contributed by atoms with van der Waals surface area (Å²) in [6, 6.07) is 7.61. The van der Waals surface area contributed by atoms with Gasteiger partial charge in [-0.15, -0.1) is 11.8 Å². The van der Waals surface area contributed by atoms with E-state index in [4.69, 9.17) is 4.74 Å². The molecule has 4 nitrogen and oxygen atoms in total. The van der Waals surface area contributed by atoms with Crippen LogP contribution in [0.5, 0.6) is 5.75 Å². The number of carboxylic acids is 1. The summed E-state index contributed by atoms with van der Waals surface area (Å²) in [5.74, 6) is 0.406. The Morgan fingerprint density at radius 2 is 2.28 bits per heavy atom. The summed E-state index contributed by atoms with van der Waals surface area (Å²) in [4.78, 5) is 12.3. The molecule has 0 radical (unpaired) electrons. The van der Waals surface area contributed by atoms with Crippen LogP contribution in [0.3, 0.4) is 0 Å². The second-order valence-corrected chi connectivity index (χ2v) is 5.18. The van der Waals surface area contributed by atoms with Crippen molar-refractivity contribution in [1.29, 1.82) is 0 Å². The van der Waals surface area contributed by atoms with E-state index in [1.165, 1.54) is 11.8 Å². The number of methoxy groups -OCH3 is 1. The average molecular weight is 269 g/mol. The lowest BCUT2D eigenvalue weighted by atomic mass is 10.1. The summed E-state index contributed by atoms with van der Waals surface area (Å²) in [7, 11) is 1.61. The van der Waals surface area contributed by atoms with Gasteiger partial charge in [0.2, 0.25) is 0 Å². The first-order valence-electron chi connectivity index (χ1n) is 5.77. The quantitative estimate of drug-likeness (QED) is 0.743. The van der Waals surface area contributed by atoms with E-state index in [1.54, 1.807) is 14.0 Å². The molecule has 0 spiro atoms. The summed E-state index contributed by atoms with van der Waals surface area (Å²) in [6.45, 7) is 4.23. The van der Waals surface area contributed by atoms with Gasteiger partial charge in [0.05, 0.1) is 7.11 Å². The monoisotopic (exact) mass is 269 g/mol. The average Bonchev–Trinajstić information content (AvgIpc) is 2.37. The van der Waals surface area contributed by atoms with Crippen LogP contribution in [0.25, 0.3) is 0 Å². The molecule has 0 aliphatic rings. The number of aliphatic carboxylic acids is 1. The van der Waals surface area contributed by atoms with Crippen LogP contribution < -0.4 is 10.1 Å². The SMILES string of the molecule is CCNC(C)(CSc1cccc(OC)c1)C(=O)O. The molecule has 0 saturated heterocycles. The van der Waals surface area contributed by atoms with Gasteiger partial charge in [0.15, 0.2) is 0 Å². The first-order valence-corrected chi connectivity index (χ1v) is 6.75. The van der Waals surface area contributed by atoms with Crippen molar-refractivity contribution in [2.45, 2.75) is 24.3 Å². The van der Waals surface area contributed by atoms with Gasteiger partial charge in [-0.1, -0.05) is 13.0 Å². The Bertz CT molecular complexity index is 411. The van der Waals surface area contributed by atoms with Gasteiger partial charge < -0.3 is 15.2 Å². The Balaban J connectivity index is 2.69. The second kappa shape index (κ2) is 6.66. The minimum Gasteiger partial charge on any atom is -0.497 e. The van der Waals surface area contributed by atoms with E-state index in [2.05, 4.69) is 5.32 Å². The molecule has 100 valence electrons. The number of carbonyl (C=O) groups is 1. The number of rotatable bonds is 7. The molecular formula is C13H19NO3S. The highest BCUT2D eigenvalue weighted by Crippen LogP contribution is 2.26. The van der Waals surface area contributed by atoms with E-state index < -0.39 is 11.5 Å². The lowest BCUT2D eigenvalue weighted by molar-refractivity contribution is -0.143. The first kappa shape index (κ1) is 14.9. The van der Waals surface area contributed by atoms with Crippen molar-refractivity contribution in [2.75, 3.05) is 19.4 Å². The Kier molecular flexibility index (Phi) is 5.50. The number of benzene rings is 1. The second-order valence-electron chi connectivity index (χ2n) is 4.14. The summed E-state index contributed by atoms with van der Waals surface area (Å²) >= 11 is 1.50. The fourth-order valence-corrected chi connectivity index (χ4v) is 2.55. The van der Waals surface area contributed by atoms with Crippen LogP contribution in [-0.4, -0.2) is 36.0 Å². The predicted octanol–water partition coefficient (Wildman–Crippen LogP) is 2.24. The van der Waals surface area contributed by atoms with Crippen LogP contribution in [0.1, 0.15) is 13.8 Å².